The van der Waals surface area contributed by atoms with E-state index in [-0.39, 0.29) is 0 Å². The zero-order valence-corrected chi connectivity index (χ0v) is 10.4. The van der Waals surface area contributed by atoms with E-state index in [4.69, 9.17) is 9.84 Å². The second-order valence-corrected chi connectivity index (χ2v) is 3.87. The van der Waals surface area contributed by atoms with Crippen molar-refractivity contribution in [3.8, 4) is 5.75 Å². The van der Waals surface area contributed by atoms with E-state index in [2.05, 4.69) is 4.98 Å². The van der Waals surface area contributed by atoms with Crippen LogP contribution in [0.4, 0.5) is 0 Å². The molecule has 1 N–H and O–H groups in total. The number of pyridine rings is 1. The number of benzene rings is 1. The van der Waals surface area contributed by atoms with Crippen molar-refractivity contribution in [1.82, 2.24) is 4.98 Å². The predicted molar refractivity (Wildman–Crippen MR) is 72.3 cm³/mol. The van der Waals surface area contributed by atoms with Crippen LogP contribution in [0, 0.1) is 0 Å². The highest BCUT2D eigenvalue weighted by molar-refractivity contribution is 5.90. The van der Waals surface area contributed by atoms with Gasteiger partial charge in [-0.05, 0) is 35.9 Å². The van der Waals surface area contributed by atoms with Crippen LogP contribution in [0.2, 0.25) is 0 Å². The Balaban J connectivity index is 2.04. The first kappa shape index (κ1) is 13.5. The maximum Gasteiger partial charge on any atom is 0.345 e. The van der Waals surface area contributed by atoms with Crippen molar-refractivity contribution in [3.63, 3.8) is 0 Å². The summed E-state index contributed by atoms with van der Waals surface area (Å²) in [6.45, 7) is 0. The molecule has 1 aromatic heterocycles. The van der Waals surface area contributed by atoms with Crippen molar-refractivity contribution < 1.29 is 19.4 Å². The number of carboxylic acid groups (broad SMARTS) is 1. The first-order valence-electron chi connectivity index (χ1n) is 5.78. The van der Waals surface area contributed by atoms with Crippen LogP contribution < -0.4 is 4.74 Å². The number of aliphatic carboxylic acids is 1. The van der Waals surface area contributed by atoms with Gasteiger partial charge in [-0.2, -0.15) is 0 Å². The normalized spacial score (nSPS) is 10.4. The Hall–Kier alpha value is -2.95. The Morgan fingerprint density at radius 1 is 1.15 bits per heavy atom. The molecule has 2 rings (SSSR count). The van der Waals surface area contributed by atoms with Gasteiger partial charge in [-0.1, -0.05) is 12.1 Å². The number of aromatic nitrogens is 1. The Morgan fingerprint density at radius 3 is 2.50 bits per heavy atom. The summed E-state index contributed by atoms with van der Waals surface area (Å²) in [5.41, 5.74) is 1.07. The standard InChI is InChI=1S/C15H11NO4/c17-14(18)8-5-11-3-6-13(7-4-11)20-15(19)12-2-1-9-16-10-12/h1-10H,(H,17,18)/b8-5+. The third-order valence-electron chi connectivity index (χ3n) is 2.41. The summed E-state index contributed by atoms with van der Waals surface area (Å²) >= 11 is 0. The molecule has 1 heterocycles. The van der Waals surface area contributed by atoms with Crippen molar-refractivity contribution in [2.75, 3.05) is 0 Å². The highest BCUT2D eigenvalue weighted by Gasteiger charge is 2.07. The van der Waals surface area contributed by atoms with Gasteiger partial charge in [-0.25, -0.2) is 9.59 Å². The zero-order chi connectivity index (χ0) is 14.4. The number of esters is 1. The van der Waals surface area contributed by atoms with Crippen LogP contribution >= 0.6 is 0 Å². The smallest absolute Gasteiger partial charge is 0.345 e. The highest BCUT2D eigenvalue weighted by Crippen LogP contribution is 2.14. The molecule has 0 aliphatic carbocycles. The number of hydrogen-bond donors (Lipinski definition) is 1. The lowest BCUT2D eigenvalue weighted by atomic mass is 10.2. The fourth-order valence-corrected chi connectivity index (χ4v) is 1.46. The number of nitrogens with zero attached hydrogens (tertiary/aromatic N) is 1. The molecule has 5 nitrogen and oxygen atoms in total. The van der Waals surface area contributed by atoms with Crippen LogP contribution in [0.25, 0.3) is 6.08 Å². The van der Waals surface area contributed by atoms with E-state index >= 15 is 0 Å². The number of carbonyl (C=O) groups is 2. The Kier molecular flexibility index (Phi) is 4.24. The van der Waals surface area contributed by atoms with Gasteiger partial charge in [0, 0.05) is 18.5 Å². The van der Waals surface area contributed by atoms with E-state index in [0.717, 1.165) is 6.08 Å². The molecule has 2 aromatic rings. The monoisotopic (exact) mass is 269 g/mol. The topological polar surface area (TPSA) is 76.5 Å². The zero-order valence-electron chi connectivity index (χ0n) is 10.4. The molecule has 5 heteroatoms. The molecule has 0 aliphatic rings. The minimum Gasteiger partial charge on any atom is -0.478 e. The van der Waals surface area contributed by atoms with E-state index in [0.29, 0.717) is 16.9 Å². The van der Waals surface area contributed by atoms with Crippen molar-refractivity contribution in [2.24, 2.45) is 0 Å². The number of ether oxygens (including phenoxy) is 1. The minimum atomic E-state index is -1.02. The molecule has 100 valence electrons. The summed E-state index contributed by atoms with van der Waals surface area (Å²) in [5.74, 6) is -1.13. The SMILES string of the molecule is O=C(O)/C=C/c1ccc(OC(=O)c2cccnc2)cc1. The maximum absolute atomic E-state index is 11.8. The second-order valence-electron chi connectivity index (χ2n) is 3.87. The number of carbonyl (C=O) groups excluding carboxylic acids is 1. The summed E-state index contributed by atoms with van der Waals surface area (Å²) in [6.07, 6.45) is 5.48. The first-order chi connectivity index (χ1) is 9.65. The van der Waals surface area contributed by atoms with Crippen molar-refractivity contribution in [2.45, 2.75) is 0 Å². The van der Waals surface area contributed by atoms with E-state index < -0.39 is 11.9 Å². The van der Waals surface area contributed by atoms with Crippen molar-refractivity contribution in [3.05, 3.63) is 66.0 Å². The predicted octanol–water partition coefficient (Wildman–Crippen LogP) is 2.40. The quantitative estimate of drug-likeness (QED) is 0.524. The van der Waals surface area contributed by atoms with Crippen LogP contribution in [0.5, 0.6) is 5.75 Å². The van der Waals surface area contributed by atoms with Crippen LogP contribution in [-0.4, -0.2) is 22.0 Å². The van der Waals surface area contributed by atoms with Gasteiger partial charge < -0.3 is 9.84 Å². The van der Waals surface area contributed by atoms with Gasteiger partial charge in [0.1, 0.15) is 5.75 Å². The lowest BCUT2D eigenvalue weighted by molar-refractivity contribution is -0.131. The summed E-state index contributed by atoms with van der Waals surface area (Å²) < 4.78 is 5.16. The molecule has 1 aromatic carbocycles. The van der Waals surface area contributed by atoms with E-state index in [1.165, 1.54) is 12.3 Å². The summed E-state index contributed by atoms with van der Waals surface area (Å²) in [4.78, 5) is 26.0. The molecular formula is C15H11NO4. The van der Waals surface area contributed by atoms with E-state index in [9.17, 15) is 9.59 Å². The van der Waals surface area contributed by atoms with Gasteiger partial charge >= 0.3 is 11.9 Å². The third kappa shape index (κ3) is 3.78. The lowest BCUT2D eigenvalue weighted by Gasteiger charge is -2.04. The fraction of sp³-hybridized carbons (Fsp3) is 0. The fourth-order valence-electron chi connectivity index (χ4n) is 1.46. The largest absolute Gasteiger partial charge is 0.478 e. The van der Waals surface area contributed by atoms with Crippen LogP contribution in [-0.2, 0) is 4.79 Å². The van der Waals surface area contributed by atoms with Gasteiger partial charge in [-0.3, -0.25) is 4.98 Å². The molecule has 0 atom stereocenters. The van der Waals surface area contributed by atoms with Crippen LogP contribution in [0.3, 0.4) is 0 Å². The Bertz CT molecular complexity index is 633. The van der Waals surface area contributed by atoms with Gasteiger partial charge in [0.05, 0.1) is 5.56 Å². The summed E-state index contributed by atoms with van der Waals surface area (Å²) in [5, 5.41) is 8.51. The molecular weight excluding hydrogens is 258 g/mol. The van der Waals surface area contributed by atoms with E-state index in [1.807, 2.05) is 0 Å². The molecule has 20 heavy (non-hydrogen) atoms. The third-order valence-corrected chi connectivity index (χ3v) is 2.41. The highest BCUT2D eigenvalue weighted by atomic mass is 16.5. The second kappa shape index (κ2) is 6.29. The molecule has 0 unspecified atom stereocenters. The molecule has 0 fully saturated rings. The molecule has 0 saturated heterocycles. The number of rotatable bonds is 4. The molecule has 0 radical (unpaired) electrons. The van der Waals surface area contributed by atoms with Crippen LogP contribution in [0.1, 0.15) is 15.9 Å². The Morgan fingerprint density at radius 2 is 1.90 bits per heavy atom. The molecule has 0 spiro atoms. The molecule has 0 aliphatic heterocycles. The number of hydrogen-bond acceptors (Lipinski definition) is 4. The van der Waals surface area contributed by atoms with Gasteiger partial charge in [0.2, 0.25) is 0 Å². The van der Waals surface area contributed by atoms with Crippen molar-refractivity contribution >= 4 is 18.0 Å². The maximum atomic E-state index is 11.8. The summed E-state index contributed by atoms with van der Waals surface area (Å²) in [7, 11) is 0. The van der Waals surface area contributed by atoms with E-state index in [1.54, 1.807) is 42.6 Å². The molecule has 0 saturated carbocycles. The average molecular weight is 269 g/mol. The minimum absolute atomic E-state index is 0.363. The Labute approximate surface area is 115 Å². The first-order valence-corrected chi connectivity index (χ1v) is 5.78. The number of carboxylic acids is 1. The van der Waals surface area contributed by atoms with Gasteiger partial charge in [0.15, 0.2) is 0 Å². The average Bonchev–Trinajstić information content (AvgIpc) is 2.47. The van der Waals surface area contributed by atoms with Crippen molar-refractivity contribution in [1.29, 1.82) is 0 Å². The van der Waals surface area contributed by atoms with Gasteiger partial charge in [0.25, 0.3) is 0 Å². The lowest BCUT2D eigenvalue weighted by Crippen LogP contribution is -2.08. The molecule has 0 amide bonds. The van der Waals surface area contributed by atoms with Crippen LogP contribution in [0.15, 0.2) is 54.9 Å². The summed E-state index contributed by atoms with van der Waals surface area (Å²) in [6, 6.07) is 9.76. The molecule has 0 bridgehead atoms. The van der Waals surface area contributed by atoms with Gasteiger partial charge in [-0.15, -0.1) is 0 Å².